The van der Waals surface area contributed by atoms with E-state index in [1.165, 1.54) is 27.6 Å². The SMILES string of the molecule is CN(CC(=O)N1CC[NH+](Cc2ccccc2)CC1)c1nc(Cc2ccccc2)ns1. The van der Waals surface area contributed by atoms with E-state index in [0.717, 1.165) is 43.7 Å². The van der Waals surface area contributed by atoms with Crippen LogP contribution in [-0.4, -0.2) is 59.9 Å². The number of hydrogen-bond donors (Lipinski definition) is 1. The van der Waals surface area contributed by atoms with E-state index < -0.39 is 0 Å². The minimum atomic E-state index is 0.163. The van der Waals surface area contributed by atoms with E-state index in [4.69, 9.17) is 0 Å². The number of nitrogens with one attached hydrogen (secondary N) is 1. The summed E-state index contributed by atoms with van der Waals surface area (Å²) in [5.74, 6) is 0.967. The fourth-order valence-corrected chi connectivity index (χ4v) is 4.40. The van der Waals surface area contributed by atoms with Crippen molar-refractivity contribution in [2.75, 3.05) is 44.7 Å². The molecule has 1 amide bonds. The summed E-state index contributed by atoms with van der Waals surface area (Å²) in [6.07, 6.45) is 0.714. The lowest BCUT2D eigenvalue weighted by atomic mass is 10.1. The van der Waals surface area contributed by atoms with E-state index in [9.17, 15) is 4.79 Å². The molecule has 1 N–H and O–H groups in total. The molecule has 1 fully saturated rings. The second-order valence-corrected chi connectivity index (χ2v) is 8.54. The quantitative estimate of drug-likeness (QED) is 0.627. The number of piperazine rings is 1. The molecule has 1 aliphatic heterocycles. The van der Waals surface area contributed by atoms with Crippen LogP contribution >= 0.6 is 11.5 Å². The first-order valence-corrected chi connectivity index (χ1v) is 11.2. The van der Waals surface area contributed by atoms with E-state index in [2.05, 4.69) is 51.8 Å². The number of rotatable bonds is 7. The normalized spacial score (nSPS) is 14.6. The molecule has 2 aromatic carbocycles. The summed E-state index contributed by atoms with van der Waals surface area (Å²) in [6, 6.07) is 20.8. The predicted octanol–water partition coefficient (Wildman–Crippen LogP) is 1.49. The average Bonchev–Trinajstić information content (AvgIpc) is 3.24. The van der Waals surface area contributed by atoms with Gasteiger partial charge in [0.15, 0.2) is 0 Å². The number of aromatic nitrogens is 2. The fraction of sp³-hybridized carbons (Fsp3) is 0.348. The van der Waals surface area contributed by atoms with Crippen LogP contribution in [-0.2, 0) is 17.8 Å². The maximum absolute atomic E-state index is 12.8. The first-order valence-electron chi connectivity index (χ1n) is 10.4. The molecular formula is C23H28N5OS+. The first kappa shape index (κ1) is 20.5. The molecular weight excluding hydrogens is 394 g/mol. The predicted molar refractivity (Wildman–Crippen MR) is 120 cm³/mol. The molecule has 6 nitrogen and oxygen atoms in total. The first-order chi connectivity index (χ1) is 14.7. The van der Waals surface area contributed by atoms with Crippen molar-refractivity contribution in [3.05, 3.63) is 77.6 Å². The molecule has 0 aliphatic carbocycles. The third-order valence-corrected chi connectivity index (χ3v) is 6.35. The Morgan fingerprint density at radius 2 is 1.67 bits per heavy atom. The molecule has 0 radical (unpaired) electrons. The lowest BCUT2D eigenvalue weighted by Gasteiger charge is -2.33. The molecule has 30 heavy (non-hydrogen) atoms. The molecule has 3 aromatic rings. The molecule has 1 aromatic heterocycles. The summed E-state index contributed by atoms with van der Waals surface area (Å²) in [4.78, 5) is 22.8. The van der Waals surface area contributed by atoms with Gasteiger partial charge in [0, 0.05) is 30.6 Å². The van der Waals surface area contributed by atoms with Crippen LogP contribution in [0.15, 0.2) is 60.7 Å². The number of hydrogen-bond acceptors (Lipinski definition) is 5. The third kappa shape index (κ3) is 5.43. The molecule has 7 heteroatoms. The van der Waals surface area contributed by atoms with Gasteiger partial charge in [-0.2, -0.15) is 4.37 Å². The zero-order valence-corrected chi connectivity index (χ0v) is 18.1. The van der Waals surface area contributed by atoms with Crippen LogP contribution in [0, 0.1) is 0 Å². The molecule has 2 heterocycles. The topological polar surface area (TPSA) is 53.8 Å². The highest BCUT2D eigenvalue weighted by molar-refractivity contribution is 7.09. The van der Waals surface area contributed by atoms with Gasteiger partial charge in [-0.05, 0) is 5.56 Å². The lowest BCUT2D eigenvalue weighted by Crippen LogP contribution is -3.13. The minimum absolute atomic E-state index is 0.163. The Morgan fingerprint density at radius 1 is 1.03 bits per heavy atom. The Hall–Kier alpha value is -2.77. The summed E-state index contributed by atoms with van der Waals surface area (Å²) in [5, 5.41) is 0.794. The molecule has 0 atom stereocenters. The van der Waals surface area contributed by atoms with Gasteiger partial charge in [-0.1, -0.05) is 60.7 Å². The highest BCUT2D eigenvalue weighted by atomic mass is 32.1. The summed E-state index contributed by atoms with van der Waals surface area (Å²) in [7, 11) is 1.92. The van der Waals surface area contributed by atoms with E-state index in [1.54, 1.807) is 0 Å². The van der Waals surface area contributed by atoms with Crippen LogP contribution in [0.2, 0.25) is 0 Å². The van der Waals surface area contributed by atoms with Crippen LogP contribution < -0.4 is 9.80 Å². The van der Waals surface area contributed by atoms with E-state index in [0.29, 0.717) is 13.0 Å². The second-order valence-electron chi connectivity index (χ2n) is 7.80. The van der Waals surface area contributed by atoms with Gasteiger partial charge in [0.2, 0.25) is 11.0 Å². The molecule has 0 spiro atoms. The number of likely N-dealkylation sites (N-methyl/N-ethyl adjacent to an activating group) is 1. The van der Waals surface area contributed by atoms with Gasteiger partial charge in [0.1, 0.15) is 12.4 Å². The lowest BCUT2D eigenvalue weighted by molar-refractivity contribution is -0.917. The highest BCUT2D eigenvalue weighted by Gasteiger charge is 2.25. The van der Waals surface area contributed by atoms with E-state index >= 15 is 0 Å². The zero-order chi connectivity index (χ0) is 20.8. The summed E-state index contributed by atoms with van der Waals surface area (Å²) < 4.78 is 4.46. The maximum atomic E-state index is 12.8. The molecule has 0 unspecified atom stereocenters. The molecule has 156 valence electrons. The standard InChI is InChI=1S/C23H27N5OS/c1-26(23-24-21(25-30-23)16-19-8-4-2-5-9-19)18-22(29)28-14-12-27(13-15-28)17-20-10-6-3-7-11-20/h2-11H,12-18H2,1H3/p+1. The smallest absolute Gasteiger partial charge is 0.242 e. The maximum Gasteiger partial charge on any atom is 0.242 e. The Morgan fingerprint density at radius 3 is 2.33 bits per heavy atom. The van der Waals surface area contributed by atoms with Crippen LogP contribution in [0.25, 0.3) is 0 Å². The molecule has 4 rings (SSSR count). The van der Waals surface area contributed by atoms with Crippen molar-refractivity contribution < 1.29 is 9.69 Å². The molecule has 0 bridgehead atoms. The third-order valence-electron chi connectivity index (χ3n) is 5.48. The van der Waals surface area contributed by atoms with Gasteiger partial charge in [0.25, 0.3) is 0 Å². The fourth-order valence-electron chi connectivity index (χ4n) is 3.75. The summed E-state index contributed by atoms with van der Waals surface area (Å²) in [5.41, 5.74) is 2.55. The number of carbonyl (C=O) groups excluding carboxylic acids is 1. The van der Waals surface area contributed by atoms with Gasteiger partial charge in [-0.3, -0.25) is 4.79 Å². The van der Waals surface area contributed by atoms with Gasteiger partial charge >= 0.3 is 0 Å². The molecule has 1 saturated heterocycles. The van der Waals surface area contributed by atoms with Crippen LogP contribution in [0.5, 0.6) is 0 Å². The second kappa shape index (κ2) is 9.82. The average molecular weight is 423 g/mol. The van der Waals surface area contributed by atoms with E-state index in [1.807, 2.05) is 35.0 Å². The number of carbonyl (C=O) groups is 1. The van der Waals surface area contributed by atoms with Crippen molar-refractivity contribution in [1.29, 1.82) is 0 Å². The van der Waals surface area contributed by atoms with Crippen LogP contribution in [0.4, 0.5) is 5.13 Å². The largest absolute Gasteiger partial charge is 0.341 e. The monoisotopic (exact) mass is 422 g/mol. The van der Waals surface area contributed by atoms with Gasteiger partial charge in [0.05, 0.1) is 32.7 Å². The van der Waals surface area contributed by atoms with Crippen molar-refractivity contribution >= 4 is 22.6 Å². The number of nitrogens with zero attached hydrogens (tertiary/aromatic N) is 4. The molecule has 1 aliphatic rings. The summed E-state index contributed by atoms with van der Waals surface area (Å²) >= 11 is 1.36. The Balaban J connectivity index is 1.25. The number of amides is 1. The van der Waals surface area contributed by atoms with Crippen LogP contribution in [0.3, 0.4) is 0 Å². The Bertz CT molecular complexity index is 938. The van der Waals surface area contributed by atoms with Gasteiger partial charge in [-0.15, -0.1) is 0 Å². The zero-order valence-electron chi connectivity index (χ0n) is 17.3. The van der Waals surface area contributed by atoms with E-state index in [-0.39, 0.29) is 5.91 Å². The summed E-state index contributed by atoms with van der Waals surface area (Å²) in [6.45, 7) is 4.97. The number of benzene rings is 2. The van der Waals surface area contributed by atoms with Crippen molar-refractivity contribution in [3.63, 3.8) is 0 Å². The van der Waals surface area contributed by atoms with Crippen molar-refractivity contribution in [1.82, 2.24) is 14.3 Å². The highest BCUT2D eigenvalue weighted by Crippen LogP contribution is 2.17. The molecule has 0 saturated carbocycles. The van der Waals surface area contributed by atoms with Crippen LogP contribution in [0.1, 0.15) is 17.0 Å². The minimum Gasteiger partial charge on any atom is -0.341 e. The van der Waals surface area contributed by atoms with Crippen molar-refractivity contribution in [3.8, 4) is 0 Å². The van der Waals surface area contributed by atoms with Gasteiger partial charge < -0.3 is 14.7 Å². The van der Waals surface area contributed by atoms with Crippen molar-refractivity contribution in [2.24, 2.45) is 0 Å². The Kier molecular flexibility index (Phi) is 6.71. The van der Waals surface area contributed by atoms with Crippen molar-refractivity contribution in [2.45, 2.75) is 13.0 Å². The van der Waals surface area contributed by atoms with Gasteiger partial charge in [-0.25, -0.2) is 4.98 Å². The number of quaternary nitrogens is 1. The Labute approximate surface area is 181 Å². The number of anilines is 1.